The van der Waals surface area contributed by atoms with Crippen LogP contribution in [0.2, 0.25) is 10.0 Å². The second-order valence-electron chi connectivity index (χ2n) is 26.0. The molecule has 0 fully saturated rings. The highest BCUT2D eigenvalue weighted by Gasteiger charge is 2.27. The van der Waals surface area contributed by atoms with Crippen LogP contribution in [0, 0.1) is 0 Å². The van der Waals surface area contributed by atoms with E-state index in [9.17, 15) is 42.8 Å². The first-order valence-corrected chi connectivity index (χ1v) is 40.2. The number of fused-ring (bicyclic) bond motifs is 3. The number of sulfonamides is 2. The number of nitrogens with zero attached hydrogens (tertiary/aromatic N) is 9. The summed E-state index contributed by atoms with van der Waals surface area (Å²) >= 11 is 12.4. The van der Waals surface area contributed by atoms with Crippen molar-refractivity contribution in [2.75, 3.05) is 22.2 Å². The van der Waals surface area contributed by atoms with E-state index in [1.165, 1.54) is 67.4 Å². The lowest BCUT2D eigenvalue weighted by Crippen LogP contribution is -2.19. The number of anilines is 3. The Balaban J connectivity index is 0.000000148. The van der Waals surface area contributed by atoms with Crippen molar-refractivity contribution >= 4 is 103 Å². The van der Waals surface area contributed by atoms with Crippen molar-refractivity contribution in [3.63, 3.8) is 0 Å². The number of halogens is 6. The lowest BCUT2D eigenvalue weighted by Gasteiger charge is -2.16. The molecule has 15 aromatic rings. The second kappa shape index (κ2) is 33.3. The highest BCUT2D eigenvalue weighted by molar-refractivity contribution is 7.90. The summed E-state index contributed by atoms with van der Waals surface area (Å²) in [6, 6.07) is 69.0. The Morgan fingerprint density at radius 2 is 0.735 bits per heavy atom. The largest absolute Gasteiger partial charge is 0.433 e. The van der Waals surface area contributed by atoms with Gasteiger partial charge in [0, 0.05) is 142 Å². The highest BCUT2D eigenvalue weighted by Crippen LogP contribution is 2.42. The minimum atomic E-state index is -3.98. The molecule has 0 aliphatic heterocycles. The van der Waals surface area contributed by atoms with Crippen molar-refractivity contribution in [1.82, 2.24) is 45.5 Å². The van der Waals surface area contributed by atoms with Gasteiger partial charge >= 0.3 is 6.11 Å². The quantitative estimate of drug-likeness (QED) is 0.0417. The van der Waals surface area contributed by atoms with Crippen LogP contribution in [0.3, 0.4) is 0 Å². The van der Waals surface area contributed by atoms with E-state index in [-0.39, 0.29) is 39.1 Å². The molecule has 6 heterocycles. The fourth-order valence-corrected chi connectivity index (χ4v) is 14.7. The molecule has 15 rings (SSSR count). The molecule has 6 aromatic heterocycles. The lowest BCUT2D eigenvalue weighted by atomic mass is 9.96. The number of pyridine rings is 3. The van der Waals surface area contributed by atoms with Gasteiger partial charge in [0.15, 0.2) is 27.3 Å². The first kappa shape index (κ1) is 78.8. The van der Waals surface area contributed by atoms with Gasteiger partial charge in [-0.3, -0.25) is 15.0 Å². The molecule has 21 nitrogen and oxygen atoms in total. The molecule has 0 saturated heterocycles. The van der Waals surface area contributed by atoms with Gasteiger partial charge in [0.05, 0.1) is 4.90 Å². The standard InChI is InChI=1S/C28H23F2N5O3S.C28H23F2N5O2S.C27H20Cl2N4O2S/c1-28(29,30)38-21-10-5-7-18(13-21)15-33-27-25-23(19-8-3-2-4-9-19)11-6-12-24(25)26(34-35-27)20-14-22(17-32-16-20)39(31,36)37;1-28(29,30)21-10-5-7-18(13-21)15-33-27-25-23(19-8-3-2-4-9-19)11-6-12-24(25)26(34-35-27)20-14-22(17-32-16-20)38(31,36)37;1-36(34,35)22-12-19(15-30-16-22)26-24-9-5-8-23(18-6-3-2-4-7-18)25(24)27(33-32-26)31-14-17-10-20(28)13-21(29)11-17/h2-14,16-17H,15H2,1H3,(H,33,35)(H2,31,36,37);2-14,16-17H,15H2,1H3,(H,33,35)(H2,31,36,37);2-13,15-16H,14H2,1H3,(H,31,33). The van der Waals surface area contributed by atoms with Gasteiger partial charge in [0.2, 0.25) is 20.0 Å². The van der Waals surface area contributed by atoms with Gasteiger partial charge < -0.3 is 20.7 Å². The minimum absolute atomic E-state index is 0.0419. The van der Waals surface area contributed by atoms with E-state index in [1.54, 1.807) is 42.6 Å². The second-order valence-corrected chi connectivity index (χ2v) is 32.1. The number of benzene rings is 9. The number of aromatic nitrogens is 9. The van der Waals surface area contributed by atoms with E-state index in [0.717, 1.165) is 73.7 Å². The topological polar surface area (TPSA) is 316 Å². The summed E-state index contributed by atoms with van der Waals surface area (Å²) in [5.74, 6) is -1.43. The number of hydrogen-bond donors (Lipinski definition) is 5. The van der Waals surface area contributed by atoms with E-state index in [1.807, 2.05) is 158 Å². The normalized spacial score (nSPS) is 11.8. The van der Waals surface area contributed by atoms with Crippen LogP contribution in [0.5, 0.6) is 5.75 Å². The van der Waals surface area contributed by atoms with E-state index in [2.05, 4.69) is 61.5 Å². The number of rotatable bonds is 21. The van der Waals surface area contributed by atoms with Crippen molar-refractivity contribution in [3.05, 3.63) is 300 Å². The van der Waals surface area contributed by atoms with E-state index in [4.69, 9.17) is 38.2 Å². The predicted molar refractivity (Wildman–Crippen MR) is 433 cm³/mol. The Labute approximate surface area is 657 Å². The van der Waals surface area contributed by atoms with Crippen molar-refractivity contribution in [1.29, 1.82) is 0 Å². The molecule has 0 atom stereocenters. The Hall–Kier alpha value is -12.3. The van der Waals surface area contributed by atoms with Crippen LogP contribution < -0.4 is 31.0 Å². The Morgan fingerprint density at radius 1 is 0.381 bits per heavy atom. The fourth-order valence-electron chi connectivity index (χ4n) is 12.5. The van der Waals surface area contributed by atoms with Gasteiger partial charge in [-0.2, -0.15) is 8.78 Å². The van der Waals surface area contributed by atoms with Crippen LogP contribution >= 0.6 is 23.2 Å². The molecule has 570 valence electrons. The van der Waals surface area contributed by atoms with Crippen molar-refractivity contribution in [2.24, 2.45) is 10.3 Å². The smallest absolute Gasteiger partial charge is 0.394 e. The lowest BCUT2D eigenvalue weighted by molar-refractivity contribution is -0.159. The number of primary sulfonamides is 2. The van der Waals surface area contributed by atoms with Gasteiger partial charge in [0.1, 0.15) is 32.6 Å². The number of ether oxygens (including phenoxy) is 1. The van der Waals surface area contributed by atoms with Crippen LogP contribution in [0.1, 0.15) is 36.1 Å². The van der Waals surface area contributed by atoms with Gasteiger partial charge in [-0.15, -0.1) is 30.6 Å². The number of nitrogens with one attached hydrogen (secondary N) is 3. The molecule has 9 aromatic carbocycles. The van der Waals surface area contributed by atoms with Crippen LogP contribution in [-0.2, 0) is 55.4 Å². The zero-order valence-electron chi connectivity index (χ0n) is 60.1. The summed E-state index contributed by atoms with van der Waals surface area (Å²) in [4.78, 5) is 12.1. The molecule has 0 spiro atoms. The van der Waals surface area contributed by atoms with Crippen LogP contribution in [-0.4, -0.2) is 83.2 Å². The zero-order valence-corrected chi connectivity index (χ0v) is 64.0. The number of sulfone groups is 1. The molecule has 113 heavy (non-hydrogen) atoms. The molecule has 0 radical (unpaired) electrons. The fraction of sp³-hybridized carbons (Fsp3) is 0.0964. The number of alkyl halides is 4. The average Bonchev–Trinajstić information content (AvgIpc) is 0.769. The summed E-state index contributed by atoms with van der Waals surface area (Å²) in [6.45, 7) is 2.46. The maximum Gasteiger partial charge on any atom is 0.394 e. The highest BCUT2D eigenvalue weighted by atomic mass is 35.5. The van der Waals surface area contributed by atoms with Gasteiger partial charge in [-0.05, 0) is 105 Å². The van der Waals surface area contributed by atoms with Crippen molar-refractivity contribution in [2.45, 2.75) is 60.2 Å². The molecule has 30 heteroatoms. The van der Waals surface area contributed by atoms with Crippen LogP contribution in [0.4, 0.5) is 35.0 Å². The molecule has 0 bridgehead atoms. The van der Waals surface area contributed by atoms with E-state index >= 15 is 0 Å². The Morgan fingerprint density at radius 3 is 1.11 bits per heavy atom. The number of hydrogen-bond acceptors (Lipinski definition) is 19. The summed E-state index contributed by atoms with van der Waals surface area (Å²) in [6.07, 6.45) is 6.11. The predicted octanol–water partition coefficient (Wildman–Crippen LogP) is 18.0. The van der Waals surface area contributed by atoms with Gasteiger partial charge in [-0.1, -0.05) is 199 Å². The maximum atomic E-state index is 13.9. The van der Waals surface area contributed by atoms with Crippen molar-refractivity contribution in [3.8, 4) is 72.9 Å². The third-order valence-electron chi connectivity index (χ3n) is 17.7. The van der Waals surface area contributed by atoms with Crippen LogP contribution in [0.15, 0.2) is 282 Å². The van der Waals surface area contributed by atoms with E-state index < -0.39 is 41.9 Å². The molecule has 0 aliphatic carbocycles. The third-order valence-corrected chi connectivity index (χ3v) is 20.9. The van der Waals surface area contributed by atoms with Crippen LogP contribution in [0.25, 0.3) is 99.5 Å². The third kappa shape index (κ3) is 19.2. The summed E-state index contributed by atoms with van der Waals surface area (Å²) in [5.41, 5.74) is 10.6. The molecular formula is C83H66Cl2F4N14O7S3. The average molecular weight is 1610 g/mol. The first-order valence-electron chi connectivity index (χ1n) is 34.4. The summed E-state index contributed by atoms with van der Waals surface area (Å²) < 4.78 is 131. The Kier molecular flexibility index (Phi) is 23.3. The molecule has 0 saturated carbocycles. The molecule has 0 aliphatic rings. The summed E-state index contributed by atoms with van der Waals surface area (Å²) in [5, 5.41) is 52.8. The van der Waals surface area contributed by atoms with Gasteiger partial charge in [0.25, 0.3) is 5.92 Å². The molecule has 0 amide bonds. The minimum Gasteiger partial charge on any atom is -0.433 e. The Bertz CT molecular complexity index is 6410. The van der Waals surface area contributed by atoms with E-state index in [0.29, 0.717) is 96.6 Å². The molecular weight excluding hydrogens is 1550 g/mol. The maximum absolute atomic E-state index is 13.9. The zero-order chi connectivity index (χ0) is 79.8. The molecule has 7 N–H and O–H groups in total. The SMILES string of the molecule is CC(F)(F)Oc1cccc(CNc2nnc(-c3cncc(S(N)(=O)=O)c3)c3cccc(-c4ccccc4)c23)c1.CC(F)(F)c1cccc(CNc2nnc(-c3cncc(S(N)(=O)=O)c3)c3cccc(-c4ccccc4)c23)c1.CS(=O)(=O)c1cncc(-c2nnc(NCc3cc(Cl)cc(Cl)c3)c3c(-c4ccccc4)cccc23)c1. The summed E-state index contributed by atoms with van der Waals surface area (Å²) in [7, 11) is -11.4. The van der Waals surface area contributed by atoms with Crippen molar-refractivity contribution < 1.29 is 47.6 Å². The van der Waals surface area contributed by atoms with Gasteiger partial charge in [-0.25, -0.2) is 44.3 Å². The molecule has 0 unspecified atom stereocenters. The number of nitrogens with two attached hydrogens (primary N) is 2. The first-order chi connectivity index (χ1) is 54.0. The monoisotopic (exact) mass is 1610 g/mol.